The summed E-state index contributed by atoms with van der Waals surface area (Å²) in [6, 6.07) is 6.11. The molecule has 3 rings (SSSR count). The number of ether oxygens (including phenoxy) is 1. The average molecular weight is 300 g/mol. The van der Waals surface area contributed by atoms with Gasteiger partial charge < -0.3 is 10.1 Å². The van der Waals surface area contributed by atoms with Gasteiger partial charge >= 0.3 is 0 Å². The lowest BCUT2D eigenvalue weighted by Crippen LogP contribution is -2.38. The highest BCUT2D eigenvalue weighted by Crippen LogP contribution is 2.26. The molecule has 1 aromatic heterocycles. The summed E-state index contributed by atoms with van der Waals surface area (Å²) < 4.78 is 5.66. The Labute approximate surface area is 129 Å². The van der Waals surface area contributed by atoms with Gasteiger partial charge in [0, 0.05) is 6.61 Å². The van der Waals surface area contributed by atoms with E-state index < -0.39 is 0 Å². The molecule has 1 fully saturated rings. The van der Waals surface area contributed by atoms with Gasteiger partial charge in [-0.25, -0.2) is 4.98 Å². The Kier molecular flexibility index (Phi) is 4.20. The molecule has 2 aromatic rings. The fourth-order valence-corrected chi connectivity index (χ4v) is 2.78. The first kappa shape index (κ1) is 14.7. The lowest BCUT2D eigenvalue weighted by atomic mass is 10.0. The molecule has 22 heavy (non-hydrogen) atoms. The number of carbonyl (C=O) groups excluding carboxylic acids is 1. The molecule has 1 aliphatic rings. The van der Waals surface area contributed by atoms with Crippen LogP contribution in [0, 0.1) is 13.8 Å². The highest BCUT2D eigenvalue weighted by molar-refractivity contribution is 5.79. The number of rotatable bonds is 4. The van der Waals surface area contributed by atoms with Crippen LogP contribution < -0.4 is 5.32 Å². The number of aromatic nitrogens is 3. The molecular formula is C16H20N4O2. The van der Waals surface area contributed by atoms with Gasteiger partial charge in [0.25, 0.3) is 0 Å². The summed E-state index contributed by atoms with van der Waals surface area (Å²) in [5, 5.41) is 9.71. The van der Waals surface area contributed by atoms with Crippen LogP contribution in [0.2, 0.25) is 0 Å². The van der Waals surface area contributed by atoms with Gasteiger partial charge in [-0.3, -0.25) is 9.89 Å². The number of carbonyl (C=O) groups is 1. The van der Waals surface area contributed by atoms with Gasteiger partial charge in [-0.15, -0.1) is 0 Å². The Bertz CT molecular complexity index is 654. The Morgan fingerprint density at radius 3 is 3.09 bits per heavy atom. The van der Waals surface area contributed by atoms with Gasteiger partial charge in [0.2, 0.25) is 5.91 Å². The second kappa shape index (κ2) is 6.27. The maximum Gasteiger partial charge on any atom is 0.224 e. The fourth-order valence-electron chi connectivity index (χ4n) is 2.78. The Balaban J connectivity index is 1.65. The molecule has 0 bridgehead atoms. The third-order valence-corrected chi connectivity index (χ3v) is 4.00. The van der Waals surface area contributed by atoms with Crippen LogP contribution in [0.25, 0.3) is 0 Å². The third-order valence-electron chi connectivity index (χ3n) is 4.00. The van der Waals surface area contributed by atoms with Crippen LogP contribution in [-0.2, 0) is 16.0 Å². The summed E-state index contributed by atoms with van der Waals surface area (Å²) in [7, 11) is 0. The van der Waals surface area contributed by atoms with Crippen LogP contribution in [0.15, 0.2) is 24.5 Å². The first-order valence-corrected chi connectivity index (χ1v) is 7.46. The van der Waals surface area contributed by atoms with Crippen LogP contribution in [0.3, 0.4) is 0 Å². The van der Waals surface area contributed by atoms with E-state index in [1.807, 2.05) is 19.9 Å². The van der Waals surface area contributed by atoms with E-state index in [4.69, 9.17) is 4.74 Å². The highest BCUT2D eigenvalue weighted by atomic mass is 16.5. The predicted molar refractivity (Wildman–Crippen MR) is 81.2 cm³/mol. The molecule has 1 aromatic carbocycles. The van der Waals surface area contributed by atoms with Gasteiger partial charge in [0.15, 0.2) is 5.82 Å². The van der Waals surface area contributed by atoms with Gasteiger partial charge in [-0.05, 0) is 31.4 Å². The number of hydrogen-bond acceptors (Lipinski definition) is 4. The molecule has 0 aliphatic carbocycles. The van der Waals surface area contributed by atoms with E-state index in [2.05, 4.69) is 32.6 Å². The Morgan fingerprint density at radius 1 is 1.45 bits per heavy atom. The number of amides is 1. The van der Waals surface area contributed by atoms with E-state index in [1.54, 1.807) is 0 Å². The highest BCUT2D eigenvalue weighted by Gasteiger charge is 2.32. The molecule has 6 heteroatoms. The molecule has 0 saturated carbocycles. The summed E-state index contributed by atoms with van der Waals surface area (Å²) in [4.78, 5) is 16.5. The molecule has 1 amide bonds. The predicted octanol–water partition coefficient (Wildman–Crippen LogP) is 1.61. The van der Waals surface area contributed by atoms with Crippen molar-refractivity contribution in [2.24, 2.45) is 0 Å². The lowest BCUT2D eigenvalue weighted by molar-refractivity contribution is -0.121. The van der Waals surface area contributed by atoms with Crippen molar-refractivity contribution in [3.63, 3.8) is 0 Å². The molecular weight excluding hydrogens is 280 g/mol. The largest absolute Gasteiger partial charge is 0.368 e. The fraction of sp³-hybridized carbons (Fsp3) is 0.438. The Morgan fingerprint density at radius 2 is 2.32 bits per heavy atom. The number of hydrogen-bond donors (Lipinski definition) is 2. The zero-order valence-corrected chi connectivity index (χ0v) is 12.8. The number of nitrogens with one attached hydrogen (secondary N) is 2. The van der Waals surface area contributed by atoms with E-state index in [-0.39, 0.29) is 18.1 Å². The van der Waals surface area contributed by atoms with E-state index in [0.29, 0.717) is 18.9 Å². The topological polar surface area (TPSA) is 79.9 Å². The summed E-state index contributed by atoms with van der Waals surface area (Å²) in [5.74, 6) is 0.670. The van der Waals surface area contributed by atoms with Crippen LogP contribution in [0.5, 0.6) is 0 Å². The normalized spacial score (nSPS) is 21.0. The zero-order chi connectivity index (χ0) is 15.5. The summed E-state index contributed by atoms with van der Waals surface area (Å²) >= 11 is 0. The van der Waals surface area contributed by atoms with E-state index in [1.165, 1.54) is 6.33 Å². The van der Waals surface area contributed by atoms with Crippen molar-refractivity contribution in [3.05, 3.63) is 47.0 Å². The van der Waals surface area contributed by atoms with E-state index >= 15 is 0 Å². The van der Waals surface area contributed by atoms with Crippen LogP contribution in [0.1, 0.15) is 35.0 Å². The first-order chi connectivity index (χ1) is 10.6. The van der Waals surface area contributed by atoms with Gasteiger partial charge in [-0.1, -0.05) is 23.8 Å². The summed E-state index contributed by atoms with van der Waals surface area (Å²) in [6.07, 6.45) is 2.37. The number of aromatic amines is 1. The number of benzene rings is 1. The van der Waals surface area contributed by atoms with Crippen molar-refractivity contribution in [2.45, 2.75) is 38.8 Å². The monoisotopic (exact) mass is 300 g/mol. The van der Waals surface area contributed by atoms with E-state index in [0.717, 1.165) is 23.1 Å². The van der Waals surface area contributed by atoms with Crippen molar-refractivity contribution >= 4 is 5.91 Å². The smallest absolute Gasteiger partial charge is 0.224 e. The molecule has 0 radical (unpaired) electrons. The minimum atomic E-state index is -0.245. The quantitative estimate of drug-likeness (QED) is 0.899. The minimum Gasteiger partial charge on any atom is -0.368 e. The van der Waals surface area contributed by atoms with Crippen molar-refractivity contribution < 1.29 is 9.53 Å². The lowest BCUT2D eigenvalue weighted by Gasteiger charge is -2.18. The van der Waals surface area contributed by atoms with Gasteiger partial charge in [0.05, 0.1) is 12.5 Å². The molecule has 116 valence electrons. The van der Waals surface area contributed by atoms with Crippen molar-refractivity contribution in [1.29, 1.82) is 0 Å². The first-order valence-electron chi connectivity index (χ1n) is 7.46. The molecule has 2 heterocycles. The molecule has 0 unspecified atom stereocenters. The molecule has 6 nitrogen and oxygen atoms in total. The SMILES string of the molecule is Cc1ccc(C)c(CC(=O)N[C@H]2CCO[C@H]2c2ncn[nH]2)c1. The van der Waals surface area contributed by atoms with Gasteiger partial charge in [0.1, 0.15) is 12.4 Å². The summed E-state index contributed by atoms with van der Waals surface area (Å²) in [6.45, 7) is 4.67. The van der Waals surface area contributed by atoms with Crippen LogP contribution in [-0.4, -0.2) is 33.7 Å². The molecule has 2 N–H and O–H groups in total. The second-order valence-electron chi connectivity index (χ2n) is 5.73. The standard InChI is InChI=1S/C16H20N4O2/c1-10-3-4-11(2)12(7-10)8-14(21)19-13-5-6-22-15(13)16-17-9-18-20-16/h3-4,7,9,13,15H,5-6,8H2,1-2H3,(H,19,21)(H,17,18,20)/t13-,15+/m0/s1. The second-order valence-corrected chi connectivity index (χ2v) is 5.73. The third kappa shape index (κ3) is 3.17. The maximum atomic E-state index is 12.3. The average Bonchev–Trinajstić information content (AvgIpc) is 3.13. The summed E-state index contributed by atoms with van der Waals surface area (Å²) in [5.41, 5.74) is 3.36. The number of nitrogens with zero attached hydrogens (tertiary/aromatic N) is 2. The number of H-pyrrole nitrogens is 1. The molecule has 1 saturated heterocycles. The molecule has 1 aliphatic heterocycles. The van der Waals surface area contributed by atoms with Crippen LogP contribution >= 0.6 is 0 Å². The van der Waals surface area contributed by atoms with Gasteiger partial charge in [-0.2, -0.15) is 5.10 Å². The maximum absolute atomic E-state index is 12.3. The molecule has 0 spiro atoms. The number of aryl methyl sites for hydroxylation is 2. The Hall–Kier alpha value is -2.21. The van der Waals surface area contributed by atoms with Crippen molar-refractivity contribution in [1.82, 2.24) is 20.5 Å². The van der Waals surface area contributed by atoms with Crippen molar-refractivity contribution in [3.8, 4) is 0 Å². The molecule has 2 atom stereocenters. The zero-order valence-electron chi connectivity index (χ0n) is 12.8. The van der Waals surface area contributed by atoms with Crippen molar-refractivity contribution in [2.75, 3.05) is 6.61 Å². The minimum absolute atomic E-state index is 0.00807. The van der Waals surface area contributed by atoms with Crippen LogP contribution in [0.4, 0.5) is 0 Å². The van der Waals surface area contributed by atoms with E-state index in [9.17, 15) is 4.79 Å².